The number of anilines is 1. The van der Waals surface area contributed by atoms with Gasteiger partial charge in [0.2, 0.25) is 5.91 Å². The van der Waals surface area contributed by atoms with Crippen LogP contribution in [0.2, 0.25) is 0 Å². The van der Waals surface area contributed by atoms with Crippen molar-refractivity contribution in [2.45, 2.75) is 38.5 Å². The van der Waals surface area contributed by atoms with Crippen LogP contribution >= 0.6 is 0 Å². The van der Waals surface area contributed by atoms with Crippen LogP contribution in [0.4, 0.5) is 5.69 Å². The van der Waals surface area contributed by atoms with E-state index in [0.717, 1.165) is 17.8 Å². The van der Waals surface area contributed by atoms with Gasteiger partial charge in [0.05, 0.1) is 6.42 Å². The molecule has 1 heterocycles. The Morgan fingerprint density at radius 1 is 1.25 bits per heavy atom. The highest BCUT2D eigenvalue weighted by Gasteiger charge is 2.20. The fraction of sp³-hybridized carbons (Fsp3) is 0.500. The van der Waals surface area contributed by atoms with Gasteiger partial charge in [-0.1, -0.05) is 19.3 Å². The Kier molecular flexibility index (Phi) is 3.72. The average Bonchev–Trinajstić information content (AvgIpc) is 2.85. The van der Waals surface area contributed by atoms with Gasteiger partial charge in [0.1, 0.15) is 0 Å². The summed E-state index contributed by atoms with van der Waals surface area (Å²) in [5.41, 5.74) is 2.40. The highest BCUT2D eigenvalue weighted by Crippen LogP contribution is 2.25. The highest BCUT2D eigenvalue weighted by molar-refractivity contribution is 6.01. The molecule has 2 aliphatic rings. The first kappa shape index (κ1) is 13.2. The van der Waals surface area contributed by atoms with Gasteiger partial charge in [-0.05, 0) is 42.5 Å². The second kappa shape index (κ2) is 5.65. The van der Waals surface area contributed by atoms with E-state index in [1.54, 1.807) is 6.07 Å². The Morgan fingerprint density at radius 2 is 2.05 bits per heavy atom. The lowest BCUT2D eigenvalue weighted by Crippen LogP contribution is -2.30. The number of carbonyl (C=O) groups is 2. The van der Waals surface area contributed by atoms with Crippen molar-refractivity contribution in [2.24, 2.45) is 5.92 Å². The van der Waals surface area contributed by atoms with Crippen LogP contribution in [0.3, 0.4) is 0 Å². The third kappa shape index (κ3) is 2.84. The summed E-state index contributed by atoms with van der Waals surface area (Å²) in [6, 6.07) is 5.42. The molecule has 0 atom stereocenters. The van der Waals surface area contributed by atoms with Gasteiger partial charge in [0, 0.05) is 17.8 Å². The molecule has 0 unspecified atom stereocenters. The van der Waals surface area contributed by atoms with Crippen molar-refractivity contribution in [3.63, 3.8) is 0 Å². The minimum absolute atomic E-state index is 0.000219. The summed E-state index contributed by atoms with van der Waals surface area (Å²) >= 11 is 0. The van der Waals surface area contributed by atoms with E-state index >= 15 is 0 Å². The monoisotopic (exact) mass is 272 g/mol. The molecule has 1 aliphatic heterocycles. The van der Waals surface area contributed by atoms with E-state index in [0.29, 0.717) is 17.9 Å². The third-order valence-corrected chi connectivity index (χ3v) is 4.27. The van der Waals surface area contributed by atoms with Crippen molar-refractivity contribution in [3.05, 3.63) is 29.3 Å². The van der Waals surface area contributed by atoms with E-state index in [1.807, 2.05) is 12.1 Å². The number of hydrogen-bond acceptors (Lipinski definition) is 2. The molecule has 1 aliphatic carbocycles. The largest absolute Gasteiger partial charge is 0.352 e. The molecule has 106 valence electrons. The van der Waals surface area contributed by atoms with Gasteiger partial charge >= 0.3 is 0 Å². The number of carbonyl (C=O) groups excluding carboxylic acids is 2. The Bertz CT molecular complexity index is 533. The molecular weight excluding hydrogens is 252 g/mol. The van der Waals surface area contributed by atoms with Crippen molar-refractivity contribution in [2.75, 3.05) is 11.9 Å². The van der Waals surface area contributed by atoms with Crippen LogP contribution in [0.1, 0.15) is 48.0 Å². The molecular formula is C16H20N2O2. The van der Waals surface area contributed by atoms with Gasteiger partial charge in [-0.3, -0.25) is 9.59 Å². The normalized spacial score (nSPS) is 18.5. The van der Waals surface area contributed by atoms with Gasteiger partial charge in [-0.15, -0.1) is 0 Å². The number of benzene rings is 1. The maximum absolute atomic E-state index is 12.2. The molecule has 0 bridgehead atoms. The molecule has 4 heteroatoms. The Hall–Kier alpha value is -1.84. The molecule has 1 aromatic carbocycles. The minimum Gasteiger partial charge on any atom is -0.352 e. The summed E-state index contributed by atoms with van der Waals surface area (Å²) in [4.78, 5) is 23.5. The van der Waals surface area contributed by atoms with Gasteiger partial charge in [-0.25, -0.2) is 0 Å². The number of fused-ring (bicyclic) bond motifs is 1. The van der Waals surface area contributed by atoms with Crippen LogP contribution in [-0.4, -0.2) is 18.4 Å². The second-order valence-electron chi connectivity index (χ2n) is 5.81. The summed E-state index contributed by atoms with van der Waals surface area (Å²) in [5.74, 6) is 0.600. The number of hydrogen-bond donors (Lipinski definition) is 2. The fourth-order valence-electron chi connectivity index (χ4n) is 3.10. The van der Waals surface area contributed by atoms with E-state index in [1.165, 1.54) is 32.1 Å². The highest BCUT2D eigenvalue weighted by atomic mass is 16.2. The molecule has 3 rings (SSSR count). The van der Waals surface area contributed by atoms with E-state index in [2.05, 4.69) is 10.6 Å². The molecule has 0 spiro atoms. The summed E-state index contributed by atoms with van der Waals surface area (Å²) < 4.78 is 0. The van der Waals surface area contributed by atoms with Crippen LogP contribution in [0.15, 0.2) is 18.2 Å². The van der Waals surface area contributed by atoms with Gasteiger partial charge in [-0.2, -0.15) is 0 Å². The molecule has 1 fully saturated rings. The van der Waals surface area contributed by atoms with Crippen molar-refractivity contribution in [1.82, 2.24) is 5.32 Å². The molecule has 2 N–H and O–H groups in total. The Balaban J connectivity index is 1.60. The zero-order chi connectivity index (χ0) is 13.9. The third-order valence-electron chi connectivity index (χ3n) is 4.27. The standard InChI is InChI=1S/C16H20N2O2/c19-15-9-13-8-12(6-7-14(13)18-15)16(20)17-10-11-4-2-1-3-5-11/h6-8,11H,1-5,9-10H2,(H,17,20)(H,18,19). The lowest BCUT2D eigenvalue weighted by molar-refractivity contribution is -0.115. The van der Waals surface area contributed by atoms with Crippen molar-refractivity contribution >= 4 is 17.5 Å². The number of rotatable bonds is 3. The molecule has 0 radical (unpaired) electrons. The first-order valence-corrected chi connectivity index (χ1v) is 7.43. The molecule has 0 aromatic heterocycles. The predicted molar refractivity (Wildman–Crippen MR) is 77.7 cm³/mol. The minimum atomic E-state index is -0.0299. The van der Waals surface area contributed by atoms with Crippen LogP contribution in [-0.2, 0) is 11.2 Å². The average molecular weight is 272 g/mol. The predicted octanol–water partition coefficient (Wildman–Crippen LogP) is 2.49. The van der Waals surface area contributed by atoms with E-state index in [-0.39, 0.29) is 11.8 Å². The topological polar surface area (TPSA) is 58.2 Å². The molecule has 1 aromatic rings. The first-order chi connectivity index (χ1) is 9.72. The summed E-state index contributed by atoms with van der Waals surface area (Å²) in [7, 11) is 0. The maximum Gasteiger partial charge on any atom is 0.251 e. The Morgan fingerprint density at radius 3 is 2.85 bits per heavy atom. The van der Waals surface area contributed by atoms with Crippen molar-refractivity contribution in [1.29, 1.82) is 0 Å². The number of amides is 2. The van der Waals surface area contributed by atoms with Crippen LogP contribution in [0.5, 0.6) is 0 Å². The summed E-state index contributed by atoms with van der Waals surface area (Å²) in [6.07, 6.45) is 6.72. The molecule has 20 heavy (non-hydrogen) atoms. The van der Waals surface area contributed by atoms with Crippen LogP contribution in [0.25, 0.3) is 0 Å². The van der Waals surface area contributed by atoms with Crippen LogP contribution in [0, 0.1) is 5.92 Å². The second-order valence-corrected chi connectivity index (χ2v) is 5.81. The lowest BCUT2D eigenvalue weighted by atomic mass is 9.89. The smallest absolute Gasteiger partial charge is 0.251 e. The van der Waals surface area contributed by atoms with Gasteiger partial charge < -0.3 is 10.6 Å². The summed E-state index contributed by atoms with van der Waals surface area (Å²) in [5, 5.41) is 5.80. The first-order valence-electron chi connectivity index (χ1n) is 7.43. The van der Waals surface area contributed by atoms with Crippen molar-refractivity contribution in [3.8, 4) is 0 Å². The van der Waals surface area contributed by atoms with E-state index in [9.17, 15) is 9.59 Å². The van der Waals surface area contributed by atoms with Gasteiger partial charge in [0.15, 0.2) is 0 Å². The maximum atomic E-state index is 12.2. The molecule has 2 amide bonds. The molecule has 0 saturated heterocycles. The van der Waals surface area contributed by atoms with Crippen LogP contribution < -0.4 is 10.6 Å². The zero-order valence-corrected chi connectivity index (χ0v) is 11.6. The summed E-state index contributed by atoms with van der Waals surface area (Å²) in [6.45, 7) is 0.771. The van der Waals surface area contributed by atoms with E-state index in [4.69, 9.17) is 0 Å². The molecule has 4 nitrogen and oxygen atoms in total. The lowest BCUT2D eigenvalue weighted by Gasteiger charge is -2.21. The van der Waals surface area contributed by atoms with Crippen molar-refractivity contribution < 1.29 is 9.59 Å². The van der Waals surface area contributed by atoms with Gasteiger partial charge in [0.25, 0.3) is 5.91 Å². The van der Waals surface area contributed by atoms with E-state index < -0.39 is 0 Å². The quantitative estimate of drug-likeness (QED) is 0.888. The SMILES string of the molecule is O=C1Cc2cc(C(=O)NCC3CCCCC3)ccc2N1. The number of nitrogens with one attached hydrogen (secondary N) is 2. The fourth-order valence-corrected chi connectivity index (χ4v) is 3.10. The molecule has 1 saturated carbocycles. The zero-order valence-electron chi connectivity index (χ0n) is 11.6. The Labute approximate surface area is 118 Å².